The molecule has 0 bridgehead atoms. The zero-order chi connectivity index (χ0) is 11.8. The monoisotopic (exact) mass is 221 g/mol. The lowest BCUT2D eigenvalue weighted by atomic mass is 10.1. The summed E-state index contributed by atoms with van der Waals surface area (Å²) in [6, 6.07) is 4.49. The van der Waals surface area contributed by atoms with Crippen LogP contribution in [-0.2, 0) is 6.42 Å². The van der Waals surface area contributed by atoms with Crippen LogP contribution in [-0.4, -0.2) is 36.1 Å². The number of aromatic nitrogens is 1. The lowest BCUT2D eigenvalue weighted by Crippen LogP contribution is -2.24. The predicted molar refractivity (Wildman–Crippen MR) is 68.3 cm³/mol. The smallest absolute Gasteiger partial charge is 0.0270 e. The summed E-state index contributed by atoms with van der Waals surface area (Å²) in [4.78, 5) is 6.38. The van der Waals surface area contributed by atoms with Crippen LogP contribution in [0.4, 0.5) is 0 Å². The van der Waals surface area contributed by atoms with E-state index in [2.05, 4.69) is 36.0 Å². The summed E-state index contributed by atoms with van der Waals surface area (Å²) in [5.41, 5.74) is 7.07. The van der Waals surface area contributed by atoms with E-state index >= 15 is 0 Å². The van der Waals surface area contributed by atoms with Crippen LogP contribution in [0.5, 0.6) is 0 Å². The molecule has 16 heavy (non-hydrogen) atoms. The normalized spacial score (nSPS) is 13.0. The number of hydrogen-bond acceptors (Lipinski definition) is 3. The molecule has 1 aromatic rings. The van der Waals surface area contributed by atoms with E-state index in [0.29, 0.717) is 6.04 Å². The summed E-state index contributed by atoms with van der Waals surface area (Å²) in [6.07, 6.45) is 7.10. The molecular formula is C13H23N3. The van der Waals surface area contributed by atoms with Crippen molar-refractivity contribution in [3.8, 4) is 0 Å². The minimum Gasteiger partial charge on any atom is -0.328 e. The number of hydrogen-bond donors (Lipinski definition) is 1. The van der Waals surface area contributed by atoms with E-state index in [1.807, 2.05) is 12.4 Å². The summed E-state index contributed by atoms with van der Waals surface area (Å²) in [5.74, 6) is 0. The number of nitrogens with two attached hydrogens (primary N) is 1. The van der Waals surface area contributed by atoms with E-state index in [-0.39, 0.29) is 0 Å². The first-order chi connectivity index (χ1) is 7.68. The van der Waals surface area contributed by atoms with Crippen LogP contribution >= 0.6 is 0 Å². The molecule has 0 aliphatic heterocycles. The van der Waals surface area contributed by atoms with Crippen molar-refractivity contribution < 1.29 is 0 Å². The highest BCUT2D eigenvalue weighted by atomic mass is 15.1. The van der Waals surface area contributed by atoms with Crippen molar-refractivity contribution in [2.75, 3.05) is 20.1 Å². The minimum absolute atomic E-state index is 0.327. The number of likely N-dealkylation sites (N-methyl/N-ethyl adjacent to an activating group) is 1. The van der Waals surface area contributed by atoms with Crippen molar-refractivity contribution in [2.24, 2.45) is 5.73 Å². The van der Waals surface area contributed by atoms with Crippen LogP contribution < -0.4 is 5.73 Å². The van der Waals surface area contributed by atoms with Gasteiger partial charge in [-0.3, -0.25) is 4.98 Å². The molecule has 2 N–H and O–H groups in total. The fourth-order valence-electron chi connectivity index (χ4n) is 1.66. The molecule has 0 saturated heterocycles. The standard InChI is InChI=1S/C13H23N3/c1-12(14)4-3-10-16(2)11-7-13-5-8-15-9-6-13/h5-6,8-9,12H,3-4,7,10-11,14H2,1-2H3. The van der Waals surface area contributed by atoms with E-state index in [0.717, 1.165) is 25.9 Å². The van der Waals surface area contributed by atoms with Gasteiger partial charge in [-0.15, -0.1) is 0 Å². The average molecular weight is 221 g/mol. The number of pyridine rings is 1. The van der Waals surface area contributed by atoms with Gasteiger partial charge in [0.1, 0.15) is 0 Å². The summed E-state index contributed by atoms with van der Waals surface area (Å²) >= 11 is 0. The summed E-state index contributed by atoms with van der Waals surface area (Å²) in [5, 5.41) is 0. The van der Waals surface area contributed by atoms with Crippen LogP contribution in [0, 0.1) is 0 Å². The molecule has 0 saturated carbocycles. The molecule has 0 spiro atoms. The Labute approximate surface area is 98.7 Å². The van der Waals surface area contributed by atoms with Gasteiger partial charge in [0.15, 0.2) is 0 Å². The molecule has 0 amide bonds. The molecule has 1 rings (SSSR count). The average Bonchev–Trinajstić information content (AvgIpc) is 2.27. The van der Waals surface area contributed by atoms with Crippen molar-refractivity contribution in [2.45, 2.75) is 32.2 Å². The van der Waals surface area contributed by atoms with Gasteiger partial charge in [-0.25, -0.2) is 0 Å². The molecule has 90 valence electrons. The van der Waals surface area contributed by atoms with Gasteiger partial charge >= 0.3 is 0 Å². The molecule has 3 heteroatoms. The van der Waals surface area contributed by atoms with E-state index in [1.165, 1.54) is 12.0 Å². The third-order valence-corrected chi connectivity index (χ3v) is 2.73. The third kappa shape index (κ3) is 5.83. The highest BCUT2D eigenvalue weighted by Gasteiger charge is 2.00. The van der Waals surface area contributed by atoms with Crippen LogP contribution in [0.3, 0.4) is 0 Å². The van der Waals surface area contributed by atoms with Gasteiger partial charge in [-0.1, -0.05) is 0 Å². The zero-order valence-electron chi connectivity index (χ0n) is 10.4. The van der Waals surface area contributed by atoms with Crippen LogP contribution in [0.15, 0.2) is 24.5 Å². The molecule has 1 unspecified atom stereocenters. The maximum absolute atomic E-state index is 5.72. The van der Waals surface area contributed by atoms with Gasteiger partial charge in [0.25, 0.3) is 0 Å². The lowest BCUT2D eigenvalue weighted by molar-refractivity contribution is 0.326. The molecular weight excluding hydrogens is 198 g/mol. The summed E-state index contributed by atoms with van der Waals surface area (Å²) in [7, 11) is 2.17. The van der Waals surface area contributed by atoms with Crippen molar-refractivity contribution in [3.05, 3.63) is 30.1 Å². The van der Waals surface area contributed by atoms with Crippen molar-refractivity contribution in [1.82, 2.24) is 9.88 Å². The lowest BCUT2D eigenvalue weighted by Gasteiger charge is -2.16. The fourth-order valence-corrected chi connectivity index (χ4v) is 1.66. The first-order valence-electron chi connectivity index (χ1n) is 6.01. The Balaban J connectivity index is 2.13. The highest BCUT2D eigenvalue weighted by molar-refractivity contribution is 5.09. The topological polar surface area (TPSA) is 42.1 Å². The predicted octanol–water partition coefficient (Wildman–Crippen LogP) is 1.68. The quantitative estimate of drug-likeness (QED) is 0.762. The van der Waals surface area contributed by atoms with Gasteiger partial charge in [0.05, 0.1) is 0 Å². The Bertz CT molecular complexity index is 272. The SMILES string of the molecule is CC(N)CCCN(C)CCc1ccncc1. The summed E-state index contributed by atoms with van der Waals surface area (Å²) < 4.78 is 0. The number of nitrogens with zero attached hydrogens (tertiary/aromatic N) is 2. The van der Waals surface area contributed by atoms with Gasteiger partial charge in [0.2, 0.25) is 0 Å². The highest BCUT2D eigenvalue weighted by Crippen LogP contribution is 2.00. The Morgan fingerprint density at radius 2 is 2.00 bits per heavy atom. The molecule has 0 aromatic carbocycles. The van der Waals surface area contributed by atoms with Gasteiger partial charge in [-0.2, -0.15) is 0 Å². The molecule has 0 aliphatic carbocycles. The Kier molecular flexibility index (Phi) is 6.04. The molecule has 1 atom stereocenters. The maximum atomic E-state index is 5.72. The first-order valence-corrected chi connectivity index (χ1v) is 6.01. The van der Waals surface area contributed by atoms with Crippen molar-refractivity contribution in [1.29, 1.82) is 0 Å². The van der Waals surface area contributed by atoms with Crippen LogP contribution in [0.2, 0.25) is 0 Å². The van der Waals surface area contributed by atoms with Crippen molar-refractivity contribution >= 4 is 0 Å². The molecule has 0 radical (unpaired) electrons. The van der Waals surface area contributed by atoms with Gasteiger partial charge in [-0.05, 0) is 57.5 Å². The molecule has 3 nitrogen and oxygen atoms in total. The van der Waals surface area contributed by atoms with E-state index in [4.69, 9.17) is 5.73 Å². The second-order valence-electron chi connectivity index (χ2n) is 4.53. The van der Waals surface area contributed by atoms with E-state index in [1.54, 1.807) is 0 Å². The molecule has 1 heterocycles. The Morgan fingerprint density at radius 3 is 2.62 bits per heavy atom. The number of rotatable bonds is 7. The largest absolute Gasteiger partial charge is 0.328 e. The fraction of sp³-hybridized carbons (Fsp3) is 0.615. The van der Waals surface area contributed by atoms with Crippen molar-refractivity contribution in [3.63, 3.8) is 0 Å². The molecule has 0 aliphatic rings. The van der Waals surface area contributed by atoms with Crippen LogP contribution in [0.1, 0.15) is 25.3 Å². The second kappa shape index (κ2) is 7.36. The van der Waals surface area contributed by atoms with Crippen LogP contribution in [0.25, 0.3) is 0 Å². The Hall–Kier alpha value is -0.930. The second-order valence-corrected chi connectivity index (χ2v) is 4.53. The first kappa shape index (κ1) is 13.1. The molecule has 0 fully saturated rings. The summed E-state index contributed by atoms with van der Waals surface area (Å²) in [6.45, 7) is 4.30. The van der Waals surface area contributed by atoms with Gasteiger partial charge < -0.3 is 10.6 Å². The van der Waals surface area contributed by atoms with E-state index < -0.39 is 0 Å². The van der Waals surface area contributed by atoms with Gasteiger partial charge in [0, 0.05) is 25.0 Å². The Morgan fingerprint density at radius 1 is 1.31 bits per heavy atom. The third-order valence-electron chi connectivity index (χ3n) is 2.73. The minimum atomic E-state index is 0.327. The van der Waals surface area contributed by atoms with E-state index in [9.17, 15) is 0 Å². The maximum Gasteiger partial charge on any atom is 0.0270 e. The zero-order valence-corrected chi connectivity index (χ0v) is 10.4. The molecule has 1 aromatic heterocycles.